The molecule has 2 unspecified atom stereocenters. The summed E-state index contributed by atoms with van der Waals surface area (Å²) in [7, 11) is 2.13. The van der Waals surface area contributed by atoms with E-state index in [9.17, 15) is 0 Å². The van der Waals surface area contributed by atoms with Crippen LogP contribution in [0.5, 0.6) is 5.75 Å². The molecule has 1 aliphatic carbocycles. The minimum Gasteiger partial charge on any atom is -0.493 e. The van der Waals surface area contributed by atoms with Crippen LogP contribution in [0.2, 0.25) is 0 Å². The smallest absolute Gasteiger partial charge is 0.122 e. The van der Waals surface area contributed by atoms with Gasteiger partial charge in [0.25, 0.3) is 0 Å². The van der Waals surface area contributed by atoms with Crippen molar-refractivity contribution in [3.63, 3.8) is 0 Å². The fourth-order valence-corrected chi connectivity index (χ4v) is 3.87. The van der Waals surface area contributed by atoms with Gasteiger partial charge in [0.15, 0.2) is 0 Å². The average Bonchev–Trinajstić information content (AvgIpc) is 2.99. The molecule has 0 spiro atoms. The second-order valence-electron chi connectivity index (χ2n) is 6.05. The highest BCUT2D eigenvalue weighted by atomic mass is 16.5. The Balaban J connectivity index is 1.72. The van der Waals surface area contributed by atoms with Crippen molar-refractivity contribution in [2.24, 2.45) is 5.92 Å². The van der Waals surface area contributed by atoms with Gasteiger partial charge >= 0.3 is 0 Å². The number of rotatable bonds is 4. The molecule has 0 saturated heterocycles. The number of benzene rings is 1. The first-order chi connectivity index (χ1) is 9.38. The van der Waals surface area contributed by atoms with Crippen molar-refractivity contribution < 1.29 is 4.74 Å². The molecule has 2 nitrogen and oxygen atoms in total. The quantitative estimate of drug-likeness (QED) is 0.889. The second kappa shape index (κ2) is 5.96. The molecular formula is C17H25NO. The summed E-state index contributed by atoms with van der Waals surface area (Å²) in [5.74, 6) is 2.67. The third kappa shape index (κ3) is 2.79. The van der Waals surface area contributed by atoms with E-state index < -0.39 is 0 Å². The summed E-state index contributed by atoms with van der Waals surface area (Å²) in [6.07, 6.45) is 8.11. The molecule has 1 heterocycles. The molecule has 2 atom stereocenters. The molecule has 0 radical (unpaired) electrons. The van der Waals surface area contributed by atoms with Gasteiger partial charge in [-0.05, 0) is 56.2 Å². The van der Waals surface area contributed by atoms with Crippen molar-refractivity contribution in [2.45, 2.75) is 50.5 Å². The van der Waals surface area contributed by atoms with E-state index >= 15 is 0 Å². The summed E-state index contributed by atoms with van der Waals surface area (Å²) in [6.45, 7) is 0.878. The van der Waals surface area contributed by atoms with Gasteiger partial charge in [0, 0.05) is 6.04 Å². The molecule has 3 rings (SSSR count). The van der Waals surface area contributed by atoms with Gasteiger partial charge in [-0.3, -0.25) is 0 Å². The Bertz CT molecular complexity index is 411. The van der Waals surface area contributed by atoms with E-state index in [-0.39, 0.29) is 0 Å². The Labute approximate surface area is 116 Å². The molecule has 2 aliphatic rings. The first-order valence-corrected chi connectivity index (χ1v) is 7.77. The van der Waals surface area contributed by atoms with Gasteiger partial charge in [-0.25, -0.2) is 0 Å². The van der Waals surface area contributed by atoms with E-state index in [0.717, 1.165) is 18.3 Å². The maximum Gasteiger partial charge on any atom is 0.122 e. The number of hydrogen-bond acceptors (Lipinski definition) is 2. The normalized spacial score (nSPS) is 24.8. The number of nitrogens with one attached hydrogen (secondary N) is 1. The molecule has 1 aromatic rings. The summed E-state index contributed by atoms with van der Waals surface area (Å²) in [6, 6.07) is 9.27. The molecule has 104 valence electrons. The topological polar surface area (TPSA) is 21.3 Å². The van der Waals surface area contributed by atoms with E-state index in [4.69, 9.17) is 4.74 Å². The summed E-state index contributed by atoms with van der Waals surface area (Å²) in [5.41, 5.74) is 1.42. The van der Waals surface area contributed by atoms with Crippen LogP contribution in [0.25, 0.3) is 0 Å². The van der Waals surface area contributed by atoms with Crippen molar-refractivity contribution in [3.05, 3.63) is 29.8 Å². The van der Waals surface area contributed by atoms with Crippen molar-refractivity contribution in [3.8, 4) is 5.75 Å². The SMILES string of the molecule is CNC(CC1CCOc2ccccc21)C1CCCC1. The highest BCUT2D eigenvalue weighted by Crippen LogP contribution is 2.39. The molecule has 1 fully saturated rings. The highest BCUT2D eigenvalue weighted by Gasteiger charge is 2.29. The number of ether oxygens (including phenoxy) is 1. The van der Waals surface area contributed by atoms with Gasteiger partial charge in [0.2, 0.25) is 0 Å². The molecule has 1 aromatic carbocycles. The monoisotopic (exact) mass is 259 g/mol. The highest BCUT2D eigenvalue weighted by molar-refractivity contribution is 5.37. The van der Waals surface area contributed by atoms with Crippen LogP contribution in [0.1, 0.15) is 50.0 Å². The van der Waals surface area contributed by atoms with Crippen LogP contribution in [0, 0.1) is 5.92 Å². The fraction of sp³-hybridized carbons (Fsp3) is 0.647. The van der Waals surface area contributed by atoms with Crippen LogP contribution in [-0.4, -0.2) is 19.7 Å². The van der Waals surface area contributed by atoms with E-state index in [1.165, 1.54) is 44.1 Å². The molecule has 0 amide bonds. The third-order valence-corrected chi connectivity index (χ3v) is 4.96. The van der Waals surface area contributed by atoms with E-state index in [1.807, 2.05) is 0 Å². The van der Waals surface area contributed by atoms with Crippen LogP contribution in [0.15, 0.2) is 24.3 Å². The van der Waals surface area contributed by atoms with E-state index in [0.29, 0.717) is 12.0 Å². The summed E-state index contributed by atoms with van der Waals surface area (Å²) in [4.78, 5) is 0. The average molecular weight is 259 g/mol. The van der Waals surface area contributed by atoms with Crippen molar-refractivity contribution in [1.82, 2.24) is 5.32 Å². The second-order valence-corrected chi connectivity index (χ2v) is 6.05. The fourth-order valence-electron chi connectivity index (χ4n) is 3.87. The third-order valence-electron chi connectivity index (χ3n) is 4.96. The Morgan fingerprint density at radius 3 is 2.79 bits per heavy atom. The summed E-state index contributed by atoms with van der Waals surface area (Å²) < 4.78 is 5.77. The first kappa shape index (κ1) is 13.0. The minimum absolute atomic E-state index is 0.669. The number of hydrogen-bond donors (Lipinski definition) is 1. The van der Waals surface area contributed by atoms with Crippen molar-refractivity contribution in [2.75, 3.05) is 13.7 Å². The Morgan fingerprint density at radius 2 is 2.00 bits per heavy atom. The van der Waals surface area contributed by atoms with Crippen LogP contribution < -0.4 is 10.1 Å². The zero-order valence-electron chi connectivity index (χ0n) is 11.9. The molecular weight excluding hydrogens is 234 g/mol. The minimum atomic E-state index is 0.669. The lowest BCUT2D eigenvalue weighted by Gasteiger charge is -2.31. The molecule has 1 aliphatic heterocycles. The van der Waals surface area contributed by atoms with Crippen molar-refractivity contribution >= 4 is 0 Å². The Hall–Kier alpha value is -1.02. The molecule has 1 saturated carbocycles. The maximum atomic E-state index is 5.77. The van der Waals surface area contributed by atoms with Crippen LogP contribution in [-0.2, 0) is 0 Å². The number of para-hydroxylation sites is 1. The van der Waals surface area contributed by atoms with Gasteiger partial charge in [-0.2, -0.15) is 0 Å². The lowest BCUT2D eigenvalue weighted by atomic mass is 9.83. The van der Waals surface area contributed by atoms with Crippen molar-refractivity contribution in [1.29, 1.82) is 0 Å². The van der Waals surface area contributed by atoms with E-state index in [1.54, 1.807) is 0 Å². The molecule has 19 heavy (non-hydrogen) atoms. The zero-order chi connectivity index (χ0) is 13.1. The lowest BCUT2D eigenvalue weighted by molar-refractivity contribution is 0.243. The number of fused-ring (bicyclic) bond motifs is 1. The van der Waals surface area contributed by atoms with Gasteiger partial charge in [-0.15, -0.1) is 0 Å². The Kier molecular flexibility index (Phi) is 4.07. The Morgan fingerprint density at radius 1 is 1.21 bits per heavy atom. The van der Waals surface area contributed by atoms with E-state index in [2.05, 4.69) is 36.6 Å². The van der Waals surface area contributed by atoms with Gasteiger partial charge in [-0.1, -0.05) is 31.0 Å². The lowest BCUT2D eigenvalue weighted by Crippen LogP contribution is -2.34. The largest absolute Gasteiger partial charge is 0.493 e. The van der Waals surface area contributed by atoms with Crippen LogP contribution in [0.3, 0.4) is 0 Å². The molecule has 2 heteroatoms. The van der Waals surface area contributed by atoms with Gasteiger partial charge in [0.1, 0.15) is 5.75 Å². The molecule has 1 N–H and O–H groups in total. The first-order valence-electron chi connectivity index (χ1n) is 7.77. The summed E-state index contributed by atoms with van der Waals surface area (Å²) >= 11 is 0. The van der Waals surface area contributed by atoms with Crippen LogP contribution >= 0.6 is 0 Å². The summed E-state index contributed by atoms with van der Waals surface area (Å²) in [5, 5.41) is 3.58. The predicted molar refractivity (Wildman–Crippen MR) is 78.7 cm³/mol. The molecule has 0 aromatic heterocycles. The van der Waals surface area contributed by atoms with Crippen LogP contribution in [0.4, 0.5) is 0 Å². The zero-order valence-corrected chi connectivity index (χ0v) is 11.9. The molecule has 0 bridgehead atoms. The predicted octanol–water partition coefficient (Wildman–Crippen LogP) is 3.72. The van der Waals surface area contributed by atoms with Gasteiger partial charge in [0.05, 0.1) is 6.61 Å². The maximum absolute atomic E-state index is 5.77. The standard InChI is InChI=1S/C17H25NO/c1-18-16(13-6-2-3-7-13)12-14-10-11-19-17-9-5-4-8-15(14)17/h4-5,8-9,13-14,16,18H,2-3,6-7,10-12H2,1H3. The van der Waals surface area contributed by atoms with Gasteiger partial charge < -0.3 is 10.1 Å².